The molecular weight excluding hydrogens is 295 g/mol. The van der Waals surface area contributed by atoms with Crippen LogP contribution in [0.2, 0.25) is 0 Å². The average Bonchev–Trinajstić information content (AvgIpc) is 2.62. The van der Waals surface area contributed by atoms with Gasteiger partial charge in [-0.15, -0.1) is 0 Å². The van der Waals surface area contributed by atoms with Crippen LogP contribution in [0.15, 0.2) is 84.9 Å². The molecule has 0 aliphatic carbocycles. The van der Waals surface area contributed by atoms with Crippen LogP contribution in [-0.4, -0.2) is 0 Å². The molecule has 0 aliphatic heterocycles. The molecule has 0 atom stereocenters. The summed E-state index contributed by atoms with van der Waals surface area (Å²) in [4.78, 5) is 0. The maximum atomic E-state index is 14.5. The molecule has 116 valence electrons. The van der Waals surface area contributed by atoms with Crippen molar-refractivity contribution in [2.24, 2.45) is 0 Å². The first-order chi connectivity index (χ1) is 11.7. The van der Waals surface area contributed by atoms with E-state index in [2.05, 4.69) is 30.3 Å². The second-order valence-electron chi connectivity index (χ2n) is 6.04. The Morgan fingerprint density at radius 3 is 2.21 bits per heavy atom. The number of fused-ring (bicyclic) bond motifs is 1. The summed E-state index contributed by atoms with van der Waals surface area (Å²) < 4.78 is 14.5. The Balaban J connectivity index is 1.94. The van der Waals surface area contributed by atoms with Crippen molar-refractivity contribution in [1.29, 1.82) is 0 Å². The van der Waals surface area contributed by atoms with E-state index in [9.17, 15) is 4.39 Å². The fourth-order valence-corrected chi connectivity index (χ4v) is 3.25. The Kier molecular flexibility index (Phi) is 3.62. The van der Waals surface area contributed by atoms with Gasteiger partial charge in [0.15, 0.2) is 0 Å². The molecule has 0 spiro atoms. The van der Waals surface area contributed by atoms with Gasteiger partial charge in [0.2, 0.25) is 0 Å². The van der Waals surface area contributed by atoms with Crippen LogP contribution in [0.4, 0.5) is 4.39 Å². The minimum absolute atomic E-state index is 0.187. The fraction of sp³-hybridized carbons (Fsp3) is 0.0435. The number of hydrogen-bond donors (Lipinski definition) is 0. The van der Waals surface area contributed by atoms with Crippen LogP contribution in [0.3, 0.4) is 0 Å². The molecule has 4 rings (SSSR count). The van der Waals surface area contributed by atoms with Gasteiger partial charge in [-0.05, 0) is 52.1 Å². The van der Waals surface area contributed by atoms with Gasteiger partial charge in [0.25, 0.3) is 0 Å². The summed E-state index contributed by atoms with van der Waals surface area (Å²) in [5.41, 5.74) is 4.83. The van der Waals surface area contributed by atoms with Crippen LogP contribution >= 0.6 is 0 Å². The highest BCUT2D eigenvalue weighted by atomic mass is 19.1. The van der Waals surface area contributed by atoms with Crippen molar-refractivity contribution in [3.8, 4) is 22.3 Å². The van der Waals surface area contributed by atoms with Crippen molar-refractivity contribution in [2.45, 2.75) is 6.92 Å². The van der Waals surface area contributed by atoms with Gasteiger partial charge in [-0.25, -0.2) is 4.39 Å². The van der Waals surface area contributed by atoms with Gasteiger partial charge in [-0.3, -0.25) is 0 Å². The quantitative estimate of drug-likeness (QED) is 0.390. The maximum Gasteiger partial charge on any atom is 0.131 e. The molecule has 0 N–H and O–H groups in total. The number of benzene rings is 4. The predicted octanol–water partition coefficient (Wildman–Crippen LogP) is 6.62. The lowest BCUT2D eigenvalue weighted by atomic mass is 9.93. The van der Waals surface area contributed by atoms with E-state index in [1.807, 2.05) is 55.5 Å². The van der Waals surface area contributed by atoms with Crippen LogP contribution in [0.5, 0.6) is 0 Å². The van der Waals surface area contributed by atoms with E-state index in [0.717, 1.165) is 22.3 Å². The van der Waals surface area contributed by atoms with E-state index in [4.69, 9.17) is 0 Å². The van der Waals surface area contributed by atoms with E-state index >= 15 is 0 Å². The number of halogens is 1. The topological polar surface area (TPSA) is 0 Å². The molecule has 0 heterocycles. The minimum atomic E-state index is -0.187. The molecule has 0 unspecified atom stereocenters. The smallest absolute Gasteiger partial charge is 0.131 e. The van der Waals surface area contributed by atoms with Crippen molar-refractivity contribution >= 4 is 10.8 Å². The van der Waals surface area contributed by atoms with E-state index in [0.29, 0.717) is 5.56 Å². The van der Waals surface area contributed by atoms with Gasteiger partial charge in [-0.2, -0.15) is 0 Å². The summed E-state index contributed by atoms with van der Waals surface area (Å²) >= 11 is 0. The van der Waals surface area contributed by atoms with Gasteiger partial charge in [0.05, 0.1) is 0 Å². The summed E-state index contributed by atoms with van der Waals surface area (Å²) in [6.45, 7) is 2.01. The van der Waals surface area contributed by atoms with Crippen molar-refractivity contribution in [3.05, 3.63) is 96.3 Å². The predicted molar refractivity (Wildman–Crippen MR) is 99.5 cm³/mol. The largest absolute Gasteiger partial charge is 0.206 e. The lowest BCUT2D eigenvalue weighted by Crippen LogP contribution is -1.90. The first-order valence-electron chi connectivity index (χ1n) is 8.08. The molecule has 1 heteroatoms. The Morgan fingerprint density at radius 1 is 0.625 bits per heavy atom. The van der Waals surface area contributed by atoms with E-state index in [1.165, 1.54) is 10.8 Å². The second-order valence-corrected chi connectivity index (χ2v) is 6.04. The van der Waals surface area contributed by atoms with Crippen molar-refractivity contribution < 1.29 is 4.39 Å². The molecular formula is C23H17F. The van der Waals surface area contributed by atoms with Gasteiger partial charge in [-0.1, -0.05) is 72.8 Å². The first kappa shape index (κ1) is 14.6. The zero-order chi connectivity index (χ0) is 16.5. The summed E-state index contributed by atoms with van der Waals surface area (Å²) in [5, 5.41) is 2.37. The highest BCUT2D eigenvalue weighted by Gasteiger charge is 2.11. The SMILES string of the molecule is Cc1ccccc1-c1cc(-c2cccc3ccccc23)ccc1F. The average molecular weight is 312 g/mol. The Bertz CT molecular complexity index is 1030. The van der Waals surface area contributed by atoms with Crippen molar-refractivity contribution in [2.75, 3.05) is 0 Å². The van der Waals surface area contributed by atoms with Crippen LogP contribution < -0.4 is 0 Å². The zero-order valence-electron chi connectivity index (χ0n) is 13.5. The Morgan fingerprint density at radius 2 is 1.33 bits per heavy atom. The van der Waals surface area contributed by atoms with Crippen molar-refractivity contribution in [3.63, 3.8) is 0 Å². The van der Waals surface area contributed by atoms with Crippen LogP contribution in [-0.2, 0) is 0 Å². The molecule has 0 amide bonds. The molecule has 0 radical (unpaired) electrons. The second kappa shape index (κ2) is 5.93. The molecule has 0 fully saturated rings. The number of aryl methyl sites for hydroxylation is 1. The number of hydrogen-bond acceptors (Lipinski definition) is 0. The minimum Gasteiger partial charge on any atom is -0.206 e. The lowest BCUT2D eigenvalue weighted by molar-refractivity contribution is 0.631. The van der Waals surface area contributed by atoms with E-state index in [1.54, 1.807) is 6.07 Å². The molecule has 24 heavy (non-hydrogen) atoms. The zero-order valence-corrected chi connectivity index (χ0v) is 13.5. The molecule has 4 aromatic carbocycles. The normalized spacial score (nSPS) is 10.9. The Hall–Kier alpha value is -2.93. The van der Waals surface area contributed by atoms with Gasteiger partial charge >= 0.3 is 0 Å². The molecule has 4 aromatic rings. The molecule has 0 bridgehead atoms. The Labute approximate surface area is 141 Å². The standard InChI is InChI=1S/C23H17F/c1-16-7-2-4-10-19(16)22-15-18(13-14-23(22)24)21-12-6-9-17-8-3-5-11-20(17)21/h2-15H,1H3. The highest BCUT2D eigenvalue weighted by molar-refractivity contribution is 5.97. The molecule has 0 aliphatic rings. The number of rotatable bonds is 2. The van der Waals surface area contributed by atoms with E-state index in [-0.39, 0.29) is 5.82 Å². The summed E-state index contributed by atoms with van der Waals surface area (Å²) in [7, 11) is 0. The first-order valence-corrected chi connectivity index (χ1v) is 8.08. The van der Waals surface area contributed by atoms with Crippen LogP contribution in [0.1, 0.15) is 5.56 Å². The van der Waals surface area contributed by atoms with Gasteiger partial charge in [0.1, 0.15) is 5.82 Å². The monoisotopic (exact) mass is 312 g/mol. The molecule has 0 saturated carbocycles. The lowest BCUT2D eigenvalue weighted by Gasteiger charge is -2.11. The van der Waals surface area contributed by atoms with Gasteiger partial charge < -0.3 is 0 Å². The molecule has 0 saturated heterocycles. The fourth-order valence-electron chi connectivity index (χ4n) is 3.25. The maximum absolute atomic E-state index is 14.5. The summed E-state index contributed by atoms with van der Waals surface area (Å²) in [6, 6.07) is 27.8. The third-order valence-electron chi connectivity index (χ3n) is 4.50. The van der Waals surface area contributed by atoms with Crippen molar-refractivity contribution in [1.82, 2.24) is 0 Å². The molecule has 0 aromatic heterocycles. The van der Waals surface area contributed by atoms with E-state index < -0.39 is 0 Å². The summed E-state index contributed by atoms with van der Waals surface area (Å²) in [6.07, 6.45) is 0. The van der Waals surface area contributed by atoms with Gasteiger partial charge in [0, 0.05) is 5.56 Å². The third-order valence-corrected chi connectivity index (χ3v) is 4.50. The highest BCUT2D eigenvalue weighted by Crippen LogP contribution is 2.33. The van der Waals surface area contributed by atoms with Crippen LogP contribution in [0, 0.1) is 12.7 Å². The van der Waals surface area contributed by atoms with Crippen LogP contribution in [0.25, 0.3) is 33.0 Å². The summed E-state index contributed by atoms with van der Waals surface area (Å²) in [5.74, 6) is -0.187. The third kappa shape index (κ3) is 2.48. The molecule has 0 nitrogen and oxygen atoms in total.